The summed E-state index contributed by atoms with van der Waals surface area (Å²) in [6.07, 6.45) is -0.0282. The number of H-pyrrole nitrogens is 1. The molecule has 0 radical (unpaired) electrons. The number of nitrogens with zero attached hydrogens (tertiary/aromatic N) is 1. The van der Waals surface area contributed by atoms with E-state index in [1.165, 1.54) is 11.0 Å². The minimum Gasteiger partial charge on any atom is -0.481 e. The summed E-state index contributed by atoms with van der Waals surface area (Å²) in [5.41, 5.74) is -0.533. The molecule has 1 aliphatic heterocycles. The third-order valence-electron chi connectivity index (χ3n) is 5.42. The molecule has 28 heavy (non-hydrogen) atoms. The lowest BCUT2D eigenvalue weighted by Crippen LogP contribution is -2.57. The molecule has 0 saturated carbocycles. The molecule has 1 aromatic heterocycles. The highest BCUT2D eigenvalue weighted by Gasteiger charge is 2.49. The Balaban J connectivity index is 1.88. The maximum absolute atomic E-state index is 12.9. The van der Waals surface area contributed by atoms with Crippen LogP contribution >= 0.6 is 0 Å². The number of aliphatic carboxylic acids is 1. The van der Waals surface area contributed by atoms with Crippen LogP contribution in [0.2, 0.25) is 0 Å². The molecule has 2 heterocycles. The van der Waals surface area contributed by atoms with Crippen molar-refractivity contribution in [2.75, 3.05) is 13.1 Å². The number of carboxylic acids is 1. The van der Waals surface area contributed by atoms with Crippen molar-refractivity contribution in [3.05, 3.63) is 58.4 Å². The molecule has 2 atom stereocenters. The van der Waals surface area contributed by atoms with Crippen molar-refractivity contribution >= 4 is 11.9 Å². The fraction of sp³-hybridized carbons (Fsp3) is 0.381. The number of aliphatic hydroxyl groups is 1. The summed E-state index contributed by atoms with van der Waals surface area (Å²) in [6, 6.07) is 12.4. The van der Waals surface area contributed by atoms with Gasteiger partial charge in [-0.25, -0.2) is 0 Å². The van der Waals surface area contributed by atoms with E-state index in [4.69, 9.17) is 0 Å². The van der Waals surface area contributed by atoms with Crippen LogP contribution < -0.4 is 5.56 Å². The lowest BCUT2D eigenvalue weighted by atomic mass is 9.74. The Morgan fingerprint density at radius 3 is 2.54 bits per heavy atom. The van der Waals surface area contributed by atoms with Crippen LogP contribution in [0.4, 0.5) is 0 Å². The molecule has 3 rings (SSSR count). The standard InChI is InChI=1S/C21H24N2O5/c1-2-11-21(20(27)28)13-23(12-10-17(21)24)19(26)15-8-9-16(22-18(15)25)14-6-4-3-5-7-14/h3-9,17,24H,2,10-13H2,1H3,(H,22,25)(H,27,28)/t17-,21+/m0/s1. The third-order valence-corrected chi connectivity index (χ3v) is 5.42. The number of piperidine rings is 1. The van der Waals surface area contributed by atoms with Crippen molar-refractivity contribution in [3.63, 3.8) is 0 Å². The number of carbonyl (C=O) groups is 2. The quantitative estimate of drug-likeness (QED) is 0.731. The van der Waals surface area contributed by atoms with E-state index in [9.17, 15) is 24.6 Å². The third kappa shape index (κ3) is 3.57. The van der Waals surface area contributed by atoms with Crippen LogP contribution in [0.5, 0.6) is 0 Å². The fourth-order valence-electron chi connectivity index (χ4n) is 3.86. The van der Waals surface area contributed by atoms with Gasteiger partial charge >= 0.3 is 5.97 Å². The average Bonchev–Trinajstić information content (AvgIpc) is 2.69. The minimum atomic E-state index is -1.40. The van der Waals surface area contributed by atoms with E-state index < -0.39 is 29.0 Å². The highest BCUT2D eigenvalue weighted by Crippen LogP contribution is 2.36. The van der Waals surface area contributed by atoms with Crippen LogP contribution in [-0.2, 0) is 4.79 Å². The highest BCUT2D eigenvalue weighted by molar-refractivity contribution is 5.94. The SMILES string of the molecule is CCC[C@@]1(C(=O)O)CN(C(=O)c2ccc(-c3ccccc3)[nH]c2=O)CC[C@@H]1O. The lowest BCUT2D eigenvalue weighted by molar-refractivity contribution is -0.162. The summed E-state index contributed by atoms with van der Waals surface area (Å²) < 4.78 is 0. The van der Waals surface area contributed by atoms with E-state index in [0.717, 1.165) is 5.56 Å². The first-order chi connectivity index (χ1) is 13.4. The molecule has 1 saturated heterocycles. The molecule has 1 aliphatic rings. The molecule has 1 fully saturated rings. The molecule has 7 heteroatoms. The molecule has 148 valence electrons. The van der Waals surface area contributed by atoms with Gasteiger partial charge in [-0.15, -0.1) is 0 Å². The number of pyridine rings is 1. The Morgan fingerprint density at radius 1 is 1.21 bits per heavy atom. The molecule has 0 bridgehead atoms. The first-order valence-corrected chi connectivity index (χ1v) is 9.38. The first kappa shape index (κ1) is 19.8. The molecular weight excluding hydrogens is 360 g/mol. The molecule has 1 aromatic carbocycles. The first-order valence-electron chi connectivity index (χ1n) is 9.38. The Hall–Kier alpha value is -2.93. The van der Waals surface area contributed by atoms with Gasteiger partial charge in [-0.1, -0.05) is 43.7 Å². The van der Waals surface area contributed by atoms with Gasteiger partial charge in [-0.2, -0.15) is 0 Å². The predicted octanol–water partition coefficient (Wildman–Crippen LogP) is 2.12. The number of hydrogen-bond donors (Lipinski definition) is 3. The Bertz CT molecular complexity index is 924. The second kappa shape index (κ2) is 7.98. The Kier molecular flexibility index (Phi) is 5.65. The zero-order valence-electron chi connectivity index (χ0n) is 15.7. The molecule has 2 aromatic rings. The Labute approximate surface area is 162 Å². The van der Waals surface area contributed by atoms with Crippen LogP contribution in [0.3, 0.4) is 0 Å². The predicted molar refractivity (Wildman–Crippen MR) is 104 cm³/mol. The van der Waals surface area contributed by atoms with Crippen LogP contribution in [0.25, 0.3) is 11.3 Å². The second-order valence-corrected chi connectivity index (χ2v) is 7.22. The summed E-state index contributed by atoms with van der Waals surface area (Å²) in [5.74, 6) is -1.64. The minimum absolute atomic E-state index is 0.0353. The number of carbonyl (C=O) groups excluding carboxylic acids is 1. The zero-order chi connectivity index (χ0) is 20.3. The van der Waals surface area contributed by atoms with Gasteiger partial charge in [-0.3, -0.25) is 14.4 Å². The van der Waals surface area contributed by atoms with E-state index in [0.29, 0.717) is 12.1 Å². The summed E-state index contributed by atoms with van der Waals surface area (Å²) in [4.78, 5) is 41.4. The van der Waals surface area contributed by atoms with Gasteiger partial charge < -0.3 is 20.1 Å². The molecule has 3 N–H and O–H groups in total. The normalized spacial score (nSPS) is 22.1. The van der Waals surface area contributed by atoms with Gasteiger partial charge in [0, 0.05) is 18.8 Å². The highest BCUT2D eigenvalue weighted by atomic mass is 16.4. The van der Waals surface area contributed by atoms with Crippen LogP contribution in [0, 0.1) is 5.41 Å². The van der Waals surface area contributed by atoms with Crippen molar-refractivity contribution < 1.29 is 19.8 Å². The van der Waals surface area contributed by atoms with Gasteiger partial charge in [0.05, 0.1) is 6.10 Å². The number of rotatable bonds is 5. The van der Waals surface area contributed by atoms with Gasteiger partial charge in [0.15, 0.2) is 0 Å². The largest absolute Gasteiger partial charge is 0.481 e. The zero-order valence-corrected chi connectivity index (χ0v) is 15.7. The molecule has 7 nitrogen and oxygen atoms in total. The van der Waals surface area contributed by atoms with Crippen LogP contribution in [0.15, 0.2) is 47.3 Å². The maximum atomic E-state index is 12.9. The van der Waals surface area contributed by atoms with Crippen LogP contribution in [-0.4, -0.2) is 51.2 Å². The van der Waals surface area contributed by atoms with Gasteiger partial charge in [0.1, 0.15) is 11.0 Å². The number of likely N-dealkylation sites (tertiary alicyclic amines) is 1. The summed E-state index contributed by atoms with van der Waals surface area (Å²) in [7, 11) is 0. The average molecular weight is 384 g/mol. The number of aromatic nitrogens is 1. The number of hydrogen-bond acceptors (Lipinski definition) is 4. The fourth-order valence-corrected chi connectivity index (χ4v) is 3.86. The smallest absolute Gasteiger partial charge is 0.314 e. The summed E-state index contributed by atoms with van der Waals surface area (Å²) in [5, 5.41) is 20.0. The topological polar surface area (TPSA) is 111 Å². The van der Waals surface area contributed by atoms with E-state index in [-0.39, 0.29) is 31.5 Å². The second-order valence-electron chi connectivity index (χ2n) is 7.22. The number of amides is 1. The van der Waals surface area contributed by atoms with Crippen molar-refractivity contribution in [1.29, 1.82) is 0 Å². The number of benzene rings is 1. The number of aromatic amines is 1. The molecular formula is C21H24N2O5. The van der Waals surface area contributed by atoms with E-state index >= 15 is 0 Å². The van der Waals surface area contributed by atoms with Crippen molar-refractivity contribution in [2.24, 2.45) is 5.41 Å². The van der Waals surface area contributed by atoms with Crippen molar-refractivity contribution in [3.8, 4) is 11.3 Å². The monoisotopic (exact) mass is 384 g/mol. The van der Waals surface area contributed by atoms with Gasteiger partial charge in [-0.05, 0) is 30.5 Å². The van der Waals surface area contributed by atoms with Gasteiger partial charge in [0.2, 0.25) is 0 Å². The van der Waals surface area contributed by atoms with E-state index in [2.05, 4.69) is 4.98 Å². The van der Waals surface area contributed by atoms with E-state index in [1.807, 2.05) is 37.3 Å². The maximum Gasteiger partial charge on any atom is 0.314 e. The number of carboxylic acid groups (broad SMARTS) is 1. The van der Waals surface area contributed by atoms with E-state index in [1.54, 1.807) is 6.07 Å². The van der Waals surface area contributed by atoms with Gasteiger partial charge in [0.25, 0.3) is 11.5 Å². The van der Waals surface area contributed by atoms with Crippen LogP contribution in [0.1, 0.15) is 36.5 Å². The van der Waals surface area contributed by atoms with Crippen molar-refractivity contribution in [2.45, 2.75) is 32.3 Å². The Morgan fingerprint density at radius 2 is 1.93 bits per heavy atom. The number of aliphatic hydroxyl groups excluding tert-OH is 1. The summed E-state index contributed by atoms with van der Waals surface area (Å²) in [6.45, 7) is 1.93. The molecule has 0 unspecified atom stereocenters. The molecule has 1 amide bonds. The summed E-state index contributed by atoms with van der Waals surface area (Å²) >= 11 is 0. The van der Waals surface area contributed by atoms with Crippen molar-refractivity contribution in [1.82, 2.24) is 9.88 Å². The molecule has 0 spiro atoms. The lowest BCUT2D eigenvalue weighted by Gasteiger charge is -2.43. The molecule has 0 aliphatic carbocycles. The number of nitrogens with one attached hydrogen (secondary N) is 1.